The summed E-state index contributed by atoms with van der Waals surface area (Å²) < 4.78 is 6.42. The van der Waals surface area contributed by atoms with Crippen molar-refractivity contribution in [2.24, 2.45) is 0 Å². The minimum absolute atomic E-state index is 0.0697. The summed E-state index contributed by atoms with van der Waals surface area (Å²) in [6, 6.07) is 11.4. The second-order valence-electron chi connectivity index (χ2n) is 5.11. The summed E-state index contributed by atoms with van der Waals surface area (Å²) in [5, 5.41) is 0. The molecule has 1 amide bonds. The molecule has 0 aliphatic carbocycles. The molecule has 0 aliphatic heterocycles. The highest BCUT2D eigenvalue weighted by atomic mass is 79.9. The summed E-state index contributed by atoms with van der Waals surface area (Å²) in [6.07, 6.45) is 8.52. The molecule has 0 saturated heterocycles. The Morgan fingerprint density at radius 3 is 2.83 bits per heavy atom. The van der Waals surface area contributed by atoms with Crippen LogP contribution in [0.15, 0.2) is 69.3 Å². The highest BCUT2D eigenvalue weighted by molar-refractivity contribution is 9.11. The first-order chi connectivity index (χ1) is 11.7. The van der Waals surface area contributed by atoms with Gasteiger partial charge in [-0.2, -0.15) is 0 Å². The Bertz CT molecular complexity index is 813. The van der Waals surface area contributed by atoms with Crippen molar-refractivity contribution in [1.29, 1.82) is 0 Å². The molecule has 0 fully saturated rings. The first-order valence-electron chi connectivity index (χ1n) is 7.34. The van der Waals surface area contributed by atoms with Gasteiger partial charge in [0.1, 0.15) is 5.76 Å². The summed E-state index contributed by atoms with van der Waals surface area (Å²) in [5.74, 6) is 0.680. The van der Waals surface area contributed by atoms with Crippen LogP contribution < -0.4 is 0 Å². The Labute approximate surface area is 152 Å². The van der Waals surface area contributed by atoms with Crippen molar-refractivity contribution in [2.45, 2.75) is 13.1 Å². The summed E-state index contributed by atoms with van der Waals surface area (Å²) in [4.78, 5) is 19.5. The second kappa shape index (κ2) is 8.08. The number of halogens is 1. The standard InChI is InChI=1S/C18H15BrN2O2S/c19-17-7-5-16(24-17)6-8-18(22)21(13-15-4-2-10-23-15)12-14-3-1-9-20-11-14/h1-11H,12-13H2. The number of pyridine rings is 1. The van der Waals surface area contributed by atoms with Gasteiger partial charge in [0.15, 0.2) is 0 Å². The number of aromatic nitrogens is 1. The van der Waals surface area contributed by atoms with Crippen molar-refractivity contribution in [3.05, 3.63) is 81.1 Å². The monoisotopic (exact) mass is 402 g/mol. The highest BCUT2D eigenvalue weighted by Gasteiger charge is 2.14. The van der Waals surface area contributed by atoms with Crippen LogP contribution in [0.1, 0.15) is 16.2 Å². The summed E-state index contributed by atoms with van der Waals surface area (Å²) >= 11 is 5.00. The van der Waals surface area contributed by atoms with Crippen LogP contribution in [0.4, 0.5) is 0 Å². The van der Waals surface area contributed by atoms with Crippen LogP contribution in [0.5, 0.6) is 0 Å². The van der Waals surface area contributed by atoms with E-state index >= 15 is 0 Å². The number of carbonyl (C=O) groups excluding carboxylic acids is 1. The van der Waals surface area contributed by atoms with Crippen molar-refractivity contribution in [3.63, 3.8) is 0 Å². The van der Waals surface area contributed by atoms with E-state index in [1.807, 2.05) is 42.5 Å². The predicted octanol–water partition coefficient (Wildman–Crippen LogP) is 4.74. The molecule has 4 nitrogen and oxygen atoms in total. The molecule has 24 heavy (non-hydrogen) atoms. The van der Waals surface area contributed by atoms with Crippen molar-refractivity contribution in [1.82, 2.24) is 9.88 Å². The minimum atomic E-state index is -0.0697. The Morgan fingerprint density at radius 2 is 2.17 bits per heavy atom. The fourth-order valence-corrected chi connectivity index (χ4v) is 3.52. The van der Waals surface area contributed by atoms with Crippen LogP contribution in [0.25, 0.3) is 6.08 Å². The first kappa shape index (κ1) is 16.7. The fourth-order valence-electron chi connectivity index (χ4n) is 2.19. The molecule has 0 saturated carbocycles. The summed E-state index contributed by atoms with van der Waals surface area (Å²) in [5.41, 5.74) is 0.977. The molecular formula is C18H15BrN2O2S. The lowest BCUT2D eigenvalue weighted by Crippen LogP contribution is -2.28. The van der Waals surface area contributed by atoms with Gasteiger partial charge in [-0.05, 0) is 57.9 Å². The molecule has 0 aliphatic rings. The van der Waals surface area contributed by atoms with Crippen LogP contribution in [0.2, 0.25) is 0 Å². The molecule has 0 radical (unpaired) electrons. The predicted molar refractivity (Wildman–Crippen MR) is 98.3 cm³/mol. The van der Waals surface area contributed by atoms with E-state index < -0.39 is 0 Å². The van der Waals surface area contributed by atoms with Crippen molar-refractivity contribution < 1.29 is 9.21 Å². The smallest absolute Gasteiger partial charge is 0.247 e. The number of hydrogen-bond donors (Lipinski definition) is 0. The molecule has 0 spiro atoms. The van der Waals surface area contributed by atoms with Gasteiger partial charge in [-0.3, -0.25) is 9.78 Å². The van der Waals surface area contributed by atoms with Gasteiger partial charge < -0.3 is 9.32 Å². The molecule has 0 aromatic carbocycles. The number of nitrogens with zero attached hydrogens (tertiary/aromatic N) is 2. The zero-order valence-corrected chi connectivity index (χ0v) is 15.2. The van der Waals surface area contributed by atoms with Crippen LogP contribution in [0.3, 0.4) is 0 Å². The molecule has 122 valence electrons. The number of amides is 1. The number of furan rings is 1. The zero-order chi connectivity index (χ0) is 16.8. The lowest BCUT2D eigenvalue weighted by atomic mass is 10.2. The SMILES string of the molecule is O=C(C=Cc1ccc(Br)s1)N(Cc1cccnc1)Cc1ccco1. The average Bonchev–Trinajstić information content (AvgIpc) is 3.24. The van der Waals surface area contributed by atoms with Crippen LogP contribution in [0, 0.1) is 0 Å². The fraction of sp³-hybridized carbons (Fsp3) is 0.111. The lowest BCUT2D eigenvalue weighted by Gasteiger charge is -2.20. The van der Waals surface area contributed by atoms with E-state index in [4.69, 9.17) is 4.42 Å². The lowest BCUT2D eigenvalue weighted by molar-refractivity contribution is -0.127. The third-order valence-corrected chi connectivity index (χ3v) is 4.91. The normalized spacial score (nSPS) is 11.0. The van der Waals surface area contributed by atoms with Gasteiger partial charge in [0.05, 0.1) is 16.6 Å². The zero-order valence-electron chi connectivity index (χ0n) is 12.8. The number of hydrogen-bond acceptors (Lipinski definition) is 4. The molecule has 0 N–H and O–H groups in total. The van der Waals surface area contributed by atoms with Gasteiger partial charge in [0.2, 0.25) is 5.91 Å². The maximum Gasteiger partial charge on any atom is 0.247 e. The third kappa shape index (κ3) is 4.66. The molecule has 3 aromatic heterocycles. The van der Waals surface area contributed by atoms with E-state index in [1.54, 1.807) is 41.0 Å². The van der Waals surface area contributed by atoms with Crippen molar-refractivity contribution >= 4 is 39.2 Å². The Hall–Kier alpha value is -2.18. The largest absolute Gasteiger partial charge is 0.467 e. The maximum absolute atomic E-state index is 12.6. The van der Waals surface area contributed by atoms with E-state index in [2.05, 4.69) is 20.9 Å². The first-order valence-corrected chi connectivity index (χ1v) is 8.95. The van der Waals surface area contributed by atoms with E-state index in [9.17, 15) is 4.79 Å². The van der Waals surface area contributed by atoms with E-state index in [1.165, 1.54) is 0 Å². The highest BCUT2D eigenvalue weighted by Crippen LogP contribution is 2.23. The Morgan fingerprint density at radius 1 is 1.25 bits per heavy atom. The molecular weight excluding hydrogens is 388 g/mol. The van der Waals surface area contributed by atoms with E-state index in [-0.39, 0.29) is 5.91 Å². The van der Waals surface area contributed by atoms with Gasteiger partial charge in [-0.1, -0.05) is 6.07 Å². The molecule has 3 heterocycles. The number of thiophene rings is 1. The molecule has 3 aromatic rings. The van der Waals surface area contributed by atoms with Gasteiger partial charge in [0, 0.05) is 29.9 Å². The summed E-state index contributed by atoms with van der Waals surface area (Å²) in [6.45, 7) is 0.894. The second-order valence-corrected chi connectivity index (χ2v) is 7.60. The number of rotatable bonds is 6. The Kier molecular flexibility index (Phi) is 5.61. The quantitative estimate of drug-likeness (QED) is 0.559. The molecule has 6 heteroatoms. The molecule has 0 atom stereocenters. The third-order valence-electron chi connectivity index (χ3n) is 3.32. The van der Waals surface area contributed by atoms with Crippen LogP contribution in [-0.4, -0.2) is 15.8 Å². The Balaban J connectivity index is 1.75. The molecule has 0 bridgehead atoms. The van der Waals surface area contributed by atoms with Crippen LogP contribution in [-0.2, 0) is 17.9 Å². The van der Waals surface area contributed by atoms with E-state index in [0.717, 1.165) is 20.0 Å². The van der Waals surface area contributed by atoms with Gasteiger partial charge in [0.25, 0.3) is 0 Å². The number of carbonyl (C=O) groups is 1. The van der Waals surface area contributed by atoms with Crippen LogP contribution >= 0.6 is 27.3 Å². The van der Waals surface area contributed by atoms with Gasteiger partial charge in [-0.25, -0.2) is 0 Å². The van der Waals surface area contributed by atoms with Crippen molar-refractivity contribution in [2.75, 3.05) is 0 Å². The van der Waals surface area contributed by atoms with Crippen molar-refractivity contribution in [3.8, 4) is 0 Å². The average molecular weight is 403 g/mol. The maximum atomic E-state index is 12.6. The minimum Gasteiger partial charge on any atom is -0.467 e. The topological polar surface area (TPSA) is 46.3 Å². The van der Waals surface area contributed by atoms with Gasteiger partial charge >= 0.3 is 0 Å². The van der Waals surface area contributed by atoms with Gasteiger partial charge in [-0.15, -0.1) is 11.3 Å². The summed E-state index contributed by atoms with van der Waals surface area (Å²) in [7, 11) is 0. The molecule has 0 unspecified atom stereocenters. The van der Waals surface area contributed by atoms with E-state index in [0.29, 0.717) is 13.1 Å². The molecule has 3 rings (SSSR count).